The van der Waals surface area contributed by atoms with Crippen molar-refractivity contribution in [1.82, 2.24) is 4.98 Å². The maximum Gasteiger partial charge on any atom is 0.128 e. The normalized spacial score (nSPS) is 13.3. The number of nitrogen functional groups attached to an aromatic ring is 1. The second-order valence-corrected chi connectivity index (χ2v) is 5.66. The quantitative estimate of drug-likeness (QED) is 0.929. The van der Waals surface area contributed by atoms with E-state index in [4.69, 9.17) is 5.73 Å². The molecule has 1 aromatic heterocycles. The molecule has 0 fully saturated rings. The average molecular weight is 267 g/mol. The van der Waals surface area contributed by atoms with E-state index in [9.17, 15) is 0 Å². The molecule has 3 heteroatoms. The van der Waals surface area contributed by atoms with Gasteiger partial charge in [0.05, 0.1) is 11.4 Å². The Morgan fingerprint density at radius 3 is 2.75 bits per heavy atom. The molecule has 2 aromatic rings. The lowest BCUT2D eigenvalue weighted by molar-refractivity contribution is 0.889. The molecule has 1 aliphatic carbocycles. The van der Waals surface area contributed by atoms with Crippen LogP contribution in [-0.4, -0.2) is 12.0 Å². The van der Waals surface area contributed by atoms with Crippen LogP contribution >= 0.6 is 0 Å². The Labute approximate surface area is 120 Å². The van der Waals surface area contributed by atoms with Crippen LogP contribution in [0.15, 0.2) is 30.3 Å². The second-order valence-electron chi connectivity index (χ2n) is 5.66. The van der Waals surface area contributed by atoms with E-state index in [1.54, 1.807) is 0 Å². The van der Waals surface area contributed by atoms with Gasteiger partial charge in [0, 0.05) is 13.6 Å². The Kier molecular flexibility index (Phi) is 3.35. The number of nitrogens with zero attached hydrogens (tertiary/aromatic N) is 2. The van der Waals surface area contributed by atoms with Crippen molar-refractivity contribution in [3.8, 4) is 0 Å². The van der Waals surface area contributed by atoms with E-state index in [0.717, 1.165) is 23.7 Å². The van der Waals surface area contributed by atoms with Crippen molar-refractivity contribution in [2.75, 3.05) is 17.7 Å². The maximum absolute atomic E-state index is 5.82. The van der Waals surface area contributed by atoms with Crippen molar-refractivity contribution in [2.24, 2.45) is 0 Å². The maximum atomic E-state index is 5.82. The highest BCUT2D eigenvalue weighted by Gasteiger charge is 2.12. The fourth-order valence-electron chi connectivity index (χ4n) is 2.85. The monoisotopic (exact) mass is 267 g/mol. The molecule has 0 aliphatic heterocycles. The number of anilines is 2. The van der Waals surface area contributed by atoms with E-state index in [-0.39, 0.29) is 0 Å². The summed E-state index contributed by atoms with van der Waals surface area (Å²) in [5, 5.41) is 0. The molecule has 0 bridgehead atoms. The SMILES string of the molecule is Cc1nc(N(C)Cc2ccc3c(c2)CCC3)ccc1N. The zero-order chi connectivity index (χ0) is 14.1. The fraction of sp³-hybridized carbons (Fsp3) is 0.353. The van der Waals surface area contributed by atoms with Crippen molar-refractivity contribution in [2.45, 2.75) is 32.7 Å². The molecular formula is C17H21N3. The van der Waals surface area contributed by atoms with Crippen LogP contribution in [0.1, 0.15) is 28.8 Å². The minimum atomic E-state index is 0.750. The van der Waals surface area contributed by atoms with Gasteiger partial charge in [-0.15, -0.1) is 0 Å². The van der Waals surface area contributed by atoms with E-state index in [2.05, 4.69) is 35.1 Å². The van der Waals surface area contributed by atoms with Gasteiger partial charge in [-0.05, 0) is 55.0 Å². The number of aromatic nitrogens is 1. The highest BCUT2D eigenvalue weighted by atomic mass is 15.2. The van der Waals surface area contributed by atoms with E-state index < -0.39 is 0 Å². The molecule has 3 nitrogen and oxygen atoms in total. The van der Waals surface area contributed by atoms with Crippen molar-refractivity contribution in [3.05, 3.63) is 52.7 Å². The third kappa shape index (κ3) is 2.48. The van der Waals surface area contributed by atoms with Crippen LogP contribution in [0.5, 0.6) is 0 Å². The molecule has 0 spiro atoms. The van der Waals surface area contributed by atoms with Crippen LogP contribution in [-0.2, 0) is 19.4 Å². The van der Waals surface area contributed by atoms with Gasteiger partial charge in [0.15, 0.2) is 0 Å². The molecule has 0 saturated carbocycles. The van der Waals surface area contributed by atoms with Crippen molar-refractivity contribution >= 4 is 11.5 Å². The number of fused-ring (bicyclic) bond motifs is 1. The molecule has 1 aromatic carbocycles. The summed E-state index contributed by atoms with van der Waals surface area (Å²) in [4.78, 5) is 6.71. The van der Waals surface area contributed by atoms with Gasteiger partial charge in [-0.1, -0.05) is 18.2 Å². The zero-order valence-corrected chi connectivity index (χ0v) is 12.2. The number of hydrogen-bond acceptors (Lipinski definition) is 3. The molecule has 2 N–H and O–H groups in total. The minimum Gasteiger partial charge on any atom is -0.397 e. The number of pyridine rings is 1. The van der Waals surface area contributed by atoms with Crippen LogP contribution in [0.3, 0.4) is 0 Å². The van der Waals surface area contributed by atoms with Crippen LogP contribution < -0.4 is 10.6 Å². The van der Waals surface area contributed by atoms with Gasteiger partial charge < -0.3 is 10.6 Å². The van der Waals surface area contributed by atoms with Crippen molar-refractivity contribution < 1.29 is 0 Å². The first-order chi connectivity index (χ1) is 9.63. The minimum absolute atomic E-state index is 0.750. The van der Waals surface area contributed by atoms with Gasteiger partial charge in [-0.2, -0.15) is 0 Å². The number of aryl methyl sites for hydroxylation is 3. The summed E-state index contributed by atoms with van der Waals surface area (Å²) in [6.07, 6.45) is 3.77. The number of rotatable bonds is 3. The van der Waals surface area contributed by atoms with Crippen LogP contribution in [0.4, 0.5) is 11.5 Å². The standard InChI is InChI=1S/C17H21N3/c1-12-16(18)8-9-17(19-12)20(2)11-13-6-7-14-4-3-5-15(14)10-13/h6-10H,3-5,11,18H2,1-2H3. The predicted molar refractivity (Wildman–Crippen MR) is 84.0 cm³/mol. The summed E-state index contributed by atoms with van der Waals surface area (Å²) in [6.45, 7) is 2.83. The Morgan fingerprint density at radius 1 is 1.15 bits per heavy atom. The Balaban J connectivity index is 1.78. The van der Waals surface area contributed by atoms with Gasteiger partial charge in [0.25, 0.3) is 0 Å². The molecule has 0 radical (unpaired) electrons. The number of benzene rings is 1. The van der Waals surface area contributed by atoms with E-state index in [1.165, 1.54) is 36.0 Å². The first kappa shape index (κ1) is 13.0. The second kappa shape index (κ2) is 5.16. The number of nitrogens with two attached hydrogens (primary N) is 1. The molecule has 0 atom stereocenters. The molecule has 1 aliphatic rings. The lowest BCUT2D eigenvalue weighted by Gasteiger charge is -2.19. The van der Waals surface area contributed by atoms with Gasteiger partial charge in [0.2, 0.25) is 0 Å². The van der Waals surface area contributed by atoms with Crippen LogP contribution in [0.2, 0.25) is 0 Å². The zero-order valence-electron chi connectivity index (χ0n) is 12.2. The first-order valence-corrected chi connectivity index (χ1v) is 7.18. The molecule has 104 valence electrons. The highest BCUT2D eigenvalue weighted by molar-refractivity contribution is 5.50. The Bertz CT molecular complexity index is 634. The Morgan fingerprint density at radius 2 is 1.95 bits per heavy atom. The molecule has 0 amide bonds. The summed E-state index contributed by atoms with van der Waals surface area (Å²) >= 11 is 0. The predicted octanol–water partition coefficient (Wildman–Crippen LogP) is 3.10. The van der Waals surface area contributed by atoms with Crippen molar-refractivity contribution in [3.63, 3.8) is 0 Å². The fourth-order valence-corrected chi connectivity index (χ4v) is 2.85. The third-order valence-corrected chi connectivity index (χ3v) is 4.09. The third-order valence-electron chi connectivity index (χ3n) is 4.09. The topological polar surface area (TPSA) is 42.2 Å². The number of hydrogen-bond donors (Lipinski definition) is 1. The summed E-state index contributed by atoms with van der Waals surface area (Å²) in [6, 6.07) is 10.8. The molecule has 1 heterocycles. The highest BCUT2D eigenvalue weighted by Crippen LogP contribution is 2.24. The molecule has 3 rings (SSSR count). The van der Waals surface area contributed by atoms with E-state index in [1.807, 2.05) is 19.1 Å². The molecule has 20 heavy (non-hydrogen) atoms. The van der Waals surface area contributed by atoms with Gasteiger partial charge in [-0.3, -0.25) is 0 Å². The molecule has 0 unspecified atom stereocenters. The summed E-state index contributed by atoms with van der Waals surface area (Å²) < 4.78 is 0. The van der Waals surface area contributed by atoms with Crippen molar-refractivity contribution in [1.29, 1.82) is 0 Å². The van der Waals surface area contributed by atoms with Crippen LogP contribution in [0.25, 0.3) is 0 Å². The molecular weight excluding hydrogens is 246 g/mol. The summed E-state index contributed by atoms with van der Waals surface area (Å²) in [5.41, 5.74) is 11.9. The summed E-state index contributed by atoms with van der Waals surface area (Å²) in [5.74, 6) is 0.970. The average Bonchev–Trinajstić information content (AvgIpc) is 2.89. The van der Waals surface area contributed by atoms with Gasteiger partial charge in [0.1, 0.15) is 5.82 Å². The van der Waals surface area contributed by atoms with Gasteiger partial charge in [-0.25, -0.2) is 4.98 Å². The summed E-state index contributed by atoms with van der Waals surface area (Å²) in [7, 11) is 2.07. The smallest absolute Gasteiger partial charge is 0.128 e. The van der Waals surface area contributed by atoms with Gasteiger partial charge >= 0.3 is 0 Å². The lowest BCUT2D eigenvalue weighted by atomic mass is 10.1. The Hall–Kier alpha value is -2.03. The molecule has 0 saturated heterocycles. The van der Waals surface area contributed by atoms with Crippen LogP contribution in [0, 0.1) is 6.92 Å². The van der Waals surface area contributed by atoms with E-state index in [0.29, 0.717) is 0 Å². The van der Waals surface area contributed by atoms with E-state index >= 15 is 0 Å². The largest absolute Gasteiger partial charge is 0.397 e. The first-order valence-electron chi connectivity index (χ1n) is 7.18. The lowest BCUT2D eigenvalue weighted by Crippen LogP contribution is -2.18.